The summed E-state index contributed by atoms with van der Waals surface area (Å²) in [5.41, 5.74) is 2.01. The number of hydrogen-bond donors (Lipinski definition) is 0. The molecule has 1 aromatic heterocycles. The molecule has 126 valence electrons. The molecular formula is C17H20N4O2S. The summed E-state index contributed by atoms with van der Waals surface area (Å²) < 4.78 is 7.45. The Hall–Kier alpha value is -1.73. The lowest BCUT2D eigenvalue weighted by Gasteiger charge is -2.14. The van der Waals surface area contributed by atoms with Crippen molar-refractivity contribution in [1.82, 2.24) is 20.2 Å². The number of carbonyl (C=O) groups is 1. The maximum atomic E-state index is 12.9. The Balaban J connectivity index is 1.51. The summed E-state index contributed by atoms with van der Waals surface area (Å²) in [5.74, 6) is 0.194. The fourth-order valence-electron chi connectivity index (χ4n) is 3.38. The zero-order chi connectivity index (χ0) is 16.4. The highest BCUT2D eigenvalue weighted by Gasteiger charge is 2.28. The van der Waals surface area contributed by atoms with Crippen LogP contribution in [0.25, 0.3) is 0 Å². The topological polar surface area (TPSA) is 69.9 Å². The molecule has 1 aromatic carbocycles. The quantitative estimate of drug-likeness (QED) is 0.794. The third-order valence-corrected chi connectivity index (χ3v) is 5.87. The van der Waals surface area contributed by atoms with E-state index in [0.29, 0.717) is 11.7 Å². The molecule has 2 unspecified atom stereocenters. The van der Waals surface area contributed by atoms with E-state index < -0.39 is 0 Å². The number of aromatic nitrogens is 4. The van der Waals surface area contributed by atoms with Gasteiger partial charge in [0.25, 0.3) is 0 Å². The van der Waals surface area contributed by atoms with Gasteiger partial charge >= 0.3 is 0 Å². The van der Waals surface area contributed by atoms with Gasteiger partial charge in [-0.3, -0.25) is 4.79 Å². The highest BCUT2D eigenvalue weighted by atomic mass is 32.2. The molecule has 0 spiro atoms. The van der Waals surface area contributed by atoms with Crippen LogP contribution in [0.15, 0.2) is 29.4 Å². The largest absolute Gasteiger partial charge is 0.376 e. The van der Waals surface area contributed by atoms with Gasteiger partial charge in [-0.25, -0.2) is 4.68 Å². The predicted octanol–water partition coefficient (Wildman–Crippen LogP) is 2.53. The summed E-state index contributed by atoms with van der Waals surface area (Å²) in [4.78, 5) is 12.9. The fraction of sp³-hybridized carbons (Fsp3) is 0.529. The third-order valence-electron chi connectivity index (χ3n) is 4.63. The number of rotatable bonds is 4. The van der Waals surface area contributed by atoms with E-state index in [-0.39, 0.29) is 17.1 Å². The molecule has 0 N–H and O–H groups in total. The van der Waals surface area contributed by atoms with Gasteiger partial charge in [-0.05, 0) is 48.1 Å². The van der Waals surface area contributed by atoms with Crippen molar-refractivity contribution >= 4 is 17.5 Å². The molecule has 0 saturated carbocycles. The van der Waals surface area contributed by atoms with Crippen LogP contribution >= 0.6 is 11.8 Å². The van der Waals surface area contributed by atoms with Crippen molar-refractivity contribution in [2.45, 2.75) is 55.2 Å². The lowest BCUT2D eigenvalue weighted by molar-refractivity contribution is 0.0911. The molecule has 2 aromatic rings. The Kier molecular flexibility index (Phi) is 4.62. The monoisotopic (exact) mass is 344 g/mol. The van der Waals surface area contributed by atoms with Crippen molar-refractivity contribution in [3.63, 3.8) is 0 Å². The van der Waals surface area contributed by atoms with Gasteiger partial charge in [0, 0.05) is 12.2 Å². The summed E-state index contributed by atoms with van der Waals surface area (Å²) >= 11 is 1.49. The van der Waals surface area contributed by atoms with E-state index in [4.69, 9.17) is 4.74 Å². The van der Waals surface area contributed by atoms with Crippen molar-refractivity contribution in [1.29, 1.82) is 0 Å². The van der Waals surface area contributed by atoms with Gasteiger partial charge in [-0.1, -0.05) is 36.0 Å². The summed E-state index contributed by atoms with van der Waals surface area (Å²) in [7, 11) is 0. The molecule has 2 heterocycles. The van der Waals surface area contributed by atoms with Gasteiger partial charge in [0.1, 0.15) is 0 Å². The Morgan fingerprint density at radius 1 is 1.25 bits per heavy atom. The van der Waals surface area contributed by atoms with Crippen LogP contribution in [-0.4, -0.2) is 44.0 Å². The molecule has 2 atom stereocenters. The molecule has 1 aliphatic heterocycles. The van der Waals surface area contributed by atoms with E-state index in [1.54, 1.807) is 4.68 Å². The second kappa shape index (κ2) is 7.03. The van der Waals surface area contributed by atoms with E-state index in [0.717, 1.165) is 49.8 Å². The van der Waals surface area contributed by atoms with Gasteiger partial charge in [0.05, 0.1) is 17.9 Å². The zero-order valence-corrected chi connectivity index (χ0v) is 14.2. The summed E-state index contributed by atoms with van der Waals surface area (Å²) in [6.45, 7) is 1.47. The molecule has 0 radical (unpaired) electrons. The molecule has 6 nitrogen and oxygen atoms in total. The lowest BCUT2D eigenvalue weighted by Crippen LogP contribution is -2.20. The number of aryl methyl sites for hydroxylation is 1. The Morgan fingerprint density at radius 2 is 2.17 bits per heavy atom. The standard InChI is InChI=1S/C17H20N4O2S/c22-16-14-8-2-1-5-12(14)6-3-9-15(16)24-17-18-19-20-21(17)11-13-7-4-10-23-13/h1-2,5,8,13,15H,3-4,6-7,9-11H2. The van der Waals surface area contributed by atoms with Crippen molar-refractivity contribution in [3.8, 4) is 0 Å². The molecule has 1 saturated heterocycles. The van der Waals surface area contributed by atoms with E-state index in [2.05, 4.69) is 21.6 Å². The van der Waals surface area contributed by atoms with Crippen LogP contribution in [0.2, 0.25) is 0 Å². The van der Waals surface area contributed by atoms with Crippen LogP contribution in [0.4, 0.5) is 0 Å². The second-order valence-corrected chi connectivity index (χ2v) is 7.47. The minimum Gasteiger partial charge on any atom is -0.376 e. The number of carbonyl (C=O) groups excluding carboxylic acids is 1. The number of thioether (sulfide) groups is 1. The van der Waals surface area contributed by atoms with E-state index >= 15 is 0 Å². The van der Waals surface area contributed by atoms with Gasteiger partial charge in [0.2, 0.25) is 5.16 Å². The molecule has 7 heteroatoms. The number of ether oxygens (including phenoxy) is 1. The Morgan fingerprint density at radius 3 is 3.04 bits per heavy atom. The zero-order valence-electron chi connectivity index (χ0n) is 13.4. The SMILES string of the molecule is O=C1c2ccccc2CCCC1Sc1nnnn1CC1CCCO1. The maximum Gasteiger partial charge on any atom is 0.210 e. The van der Waals surface area contributed by atoms with Crippen LogP contribution in [-0.2, 0) is 17.7 Å². The van der Waals surface area contributed by atoms with Crippen LogP contribution in [0, 0.1) is 0 Å². The van der Waals surface area contributed by atoms with E-state index in [9.17, 15) is 4.79 Å². The number of Topliss-reactive ketones (excluding diaryl/α,β-unsaturated/α-hetero) is 1. The minimum absolute atomic E-state index is 0.122. The average molecular weight is 344 g/mol. The molecule has 2 aliphatic rings. The van der Waals surface area contributed by atoms with Crippen LogP contribution in [0.1, 0.15) is 41.6 Å². The minimum atomic E-state index is -0.122. The fourth-order valence-corrected chi connectivity index (χ4v) is 4.47. The van der Waals surface area contributed by atoms with E-state index in [1.165, 1.54) is 11.8 Å². The number of hydrogen-bond acceptors (Lipinski definition) is 6. The number of benzene rings is 1. The number of nitrogens with zero attached hydrogens (tertiary/aromatic N) is 4. The number of ketones is 1. The van der Waals surface area contributed by atoms with Gasteiger partial charge in [-0.2, -0.15) is 0 Å². The van der Waals surface area contributed by atoms with E-state index in [1.807, 2.05) is 18.2 Å². The summed E-state index contributed by atoms with van der Waals surface area (Å²) in [6.07, 6.45) is 5.13. The first kappa shape index (κ1) is 15.8. The number of fused-ring (bicyclic) bond motifs is 1. The Labute approximate surface area is 145 Å². The van der Waals surface area contributed by atoms with Gasteiger partial charge in [0.15, 0.2) is 5.78 Å². The smallest absolute Gasteiger partial charge is 0.210 e. The van der Waals surface area contributed by atoms with Crippen LogP contribution in [0.3, 0.4) is 0 Å². The van der Waals surface area contributed by atoms with Crippen molar-refractivity contribution < 1.29 is 9.53 Å². The molecule has 1 aliphatic carbocycles. The van der Waals surface area contributed by atoms with Crippen molar-refractivity contribution in [3.05, 3.63) is 35.4 Å². The van der Waals surface area contributed by atoms with Gasteiger partial charge in [-0.15, -0.1) is 5.10 Å². The molecule has 4 rings (SSSR count). The first-order chi connectivity index (χ1) is 11.8. The number of tetrazole rings is 1. The summed E-state index contributed by atoms with van der Waals surface area (Å²) in [5, 5.41) is 12.6. The average Bonchev–Trinajstić information content (AvgIpc) is 3.23. The molecule has 1 fully saturated rings. The Bertz CT molecular complexity index is 727. The first-order valence-electron chi connectivity index (χ1n) is 8.48. The van der Waals surface area contributed by atoms with Crippen molar-refractivity contribution in [2.24, 2.45) is 0 Å². The maximum absolute atomic E-state index is 12.9. The van der Waals surface area contributed by atoms with Crippen LogP contribution in [0.5, 0.6) is 0 Å². The van der Waals surface area contributed by atoms with Crippen LogP contribution < -0.4 is 0 Å². The van der Waals surface area contributed by atoms with Gasteiger partial charge < -0.3 is 4.74 Å². The second-order valence-electron chi connectivity index (χ2n) is 6.30. The molecule has 0 amide bonds. The lowest BCUT2D eigenvalue weighted by atomic mass is 10.0. The predicted molar refractivity (Wildman–Crippen MR) is 90.1 cm³/mol. The molecular weight excluding hydrogens is 324 g/mol. The normalized spacial score (nSPS) is 23.9. The summed E-state index contributed by atoms with van der Waals surface area (Å²) in [6, 6.07) is 7.93. The van der Waals surface area contributed by atoms with Crippen molar-refractivity contribution in [2.75, 3.05) is 6.61 Å². The molecule has 0 bridgehead atoms. The highest BCUT2D eigenvalue weighted by Crippen LogP contribution is 2.32. The third kappa shape index (κ3) is 3.23. The highest BCUT2D eigenvalue weighted by molar-refractivity contribution is 8.00. The first-order valence-corrected chi connectivity index (χ1v) is 9.36. The molecule has 24 heavy (non-hydrogen) atoms.